The molecule has 12 heavy (non-hydrogen) atoms. The Morgan fingerprint density at radius 2 is 2.08 bits per heavy atom. The van der Waals surface area contributed by atoms with Crippen LogP contribution in [0.2, 0.25) is 0 Å². The summed E-state index contributed by atoms with van der Waals surface area (Å²) in [6.45, 7) is 3.96. The normalized spacial score (nSPS) is 13.2. The van der Waals surface area contributed by atoms with Crippen molar-refractivity contribution in [1.82, 2.24) is 0 Å². The molecule has 0 aromatic rings. The second-order valence-electron chi connectivity index (χ2n) is 2.49. The van der Waals surface area contributed by atoms with Crippen molar-refractivity contribution in [1.29, 1.82) is 0 Å². The quantitative estimate of drug-likeness (QED) is 0.394. The highest BCUT2D eigenvalue weighted by atomic mass is 31.2. The molecular weight excluding hydrogens is 177 g/mol. The van der Waals surface area contributed by atoms with Crippen molar-refractivity contribution >= 4 is 13.4 Å². The molecule has 0 rings (SSSR count). The first-order chi connectivity index (χ1) is 5.49. The Kier molecular flexibility index (Phi) is 5.13. The standard InChI is InChI=1S/C6H16N3O2P/c1-3-5-6(4-2)9-11-12(7,8)10/h3-5H2,1-2H3,(H4,7,8,10)/b9-6+. The SMILES string of the molecule is CCC/C(CC)=N/OP(N)(N)=O. The summed E-state index contributed by atoms with van der Waals surface area (Å²) in [5.41, 5.74) is 10.7. The molecule has 0 aliphatic carbocycles. The average Bonchev–Trinajstić information content (AvgIpc) is 1.96. The van der Waals surface area contributed by atoms with Gasteiger partial charge in [-0.1, -0.05) is 25.4 Å². The van der Waals surface area contributed by atoms with Crippen LogP contribution >= 0.6 is 7.67 Å². The molecule has 0 spiro atoms. The van der Waals surface area contributed by atoms with Gasteiger partial charge in [0.05, 0.1) is 5.71 Å². The lowest BCUT2D eigenvalue weighted by molar-refractivity contribution is 0.332. The van der Waals surface area contributed by atoms with E-state index < -0.39 is 7.67 Å². The summed E-state index contributed by atoms with van der Waals surface area (Å²) in [4.78, 5) is 0. The predicted molar refractivity (Wildman–Crippen MR) is 49.7 cm³/mol. The van der Waals surface area contributed by atoms with Gasteiger partial charge in [0.15, 0.2) is 0 Å². The van der Waals surface area contributed by atoms with Gasteiger partial charge in [0.25, 0.3) is 0 Å². The number of nitrogens with zero attached hydrogens (tertiary/aromatic N) is 1. The van der Waals surface area contributed by atoms with Crippen molar-refractivity contribution in [3.63, 3.8) is 0 Å². The summed E-state index contributed by atoms with van der Waals surface area (Å²) in [7, 11) is -3.44. The van der Waals surface area contributed by atoms with E-state index in [-0.39, 0.29) is 0 Å². The van der Waals surface area contributed by atoms with Gasteiger partial charge in [0, 0.05) is 0 Å². The molecule has 0 unspecified atom stereocenters. The van der Waals surface area contributed by atoms with Gasteiger partial charge >= 0.3 is 7.67 Å². The Labute approximate surface area is 72.7 Å². The van der Waals surface area contributed by atoms with E-state index in [2.05, 4.69) is 9.78 Å². The first-order valence-electron chi connectivity index (χ1n) is 3.91. The molecule has 0 aromatic heterocycles. The molecule has 72 valence electrons. The molecule has 5 nitrogen and oxygen atoms in total. The van der Waals surface area contributed by atoms with Crippen LogP contribution in [0.25, 0.3) is 0 Å². The van der Waals surface area contributed by atoms with Crippen LogP contribution in [0, 0.1) is 0 Å². The van der Waals surface area contributed by atoms with E-state index in [9.17, 15) is 4.57 Å². The summed E-state index contributed by atoms with van der Waals surface area (Å²) in [5.74, 6) is 0. The maximum atomic E-state index is 10.7. The molecule has 0 bridgehead atoms. The third-order valence-electron chi connectivity index (χ3n) is 1.24. The van der Waals surface area contributed by atoms with Gasteiger partial charge in [0.1, 0.15) is 0 Å². The summed E-state index contributed by atoms with van der Waals surface area (Å²) < 4.78 is 15.1. The van der Waals surface area contributed by atoms with Crippen LogP contribution in [0.3, 0.4) is 0 Å². The largest absolute Gasteiger partial charge is 0.405 e. The van der Waals surface area contributed by atoms with Crippen molar-refractivity contribution in [3.05, 3.63) is 0 Å². The van der Waals surface area contributed by atoms with E-state index in [0.717, 1.165) is 25.0 Å². The van der Waals surface area contributed by atoms with Crippen LogP contribution < -0.4 is 11.0 Å². The minimum Gasteiger partial charge on any atom is -0.312 e. The zero-order valence-corrected chi connectivity index (χ0v) is 8.38. The van der Waals surface area contributed by atoms with E-state index in [4.69, 9.17) is 11.0 Å². The van der Waals surface area contributed by atoms with Crippen molar-refractivity contribution < 1.29 is 9.19 Å². The highest BCUT2D eigenvalue weighted by Crippen LogP contribution is 2.26. The molecule has 0 aliphatic heterocycles. The molecule has 0 radical (unpaired) electrons. The lowest BCUT2D eigenvalue weighted by Gasteiger charge is -2.04. The summed E-state index contributed by atoms with van der Waals surface area (Å²) in [6.07, 6.45) is 2.54. The highest BCUT2D eigenvalue weighted by molar-refractivity contribution is 7.53. The Bertz CT molecular complexity index is 199. The second kappa shape index (κ2) is 5.30. The van der Waals surface area contributed by atoms with Gasteiger partial charge in [-0.15, -0.1) is 0 Å². The summed E-state index contributed by atoms with van der Waals surface area (Å²) in [5, 5.41) is 3.61. The fraction of sp³-hybridized carbons (Fsp3) is 0.833. The molecule has 0 fully saturated rings. The fourth-order valence-electron chi connectivity index (χ4n) is 0.697. The van der Waals surface area contributed by atoms with Crippen LogP contribution in [0.1, 0.15) is 33.1 Å². The number of rotatable bonds is 5. The smallest absolute Gasteiger partial charge is 0.312 e. The Balaban J connectivity index is 4.03. The predicted octanol–water partition coefficient (Wildman–Crippen LogP) is 1.59. The maximum absolute atomic E-state index is 10.7. The zero-order valence-electron chi connectivity index (χ0n) is 7.49. The molecule has 0 heterocycles. The van der Waals surface area contributed by atoms with Crippen molar-refractivity contribution in [2.75, 3.05) is 0 Å². The lowest BCUT2D eigenvalue weighted by Crippen LogP contribution is -2.07. The number of oxime groups is 1. The van der Waals surface area contributed by atoms with E-state index >= 15 is 0 Å². The number of hydrogen-bond donors (Lipinski definition) is 2. The zero-order chi connectivity index (χ0) is 9.61. The lowest BCUT2D eigenvalue weighted by atomic mass is 10.2. The first kappa shape index (κ1) is 11.6. The third-order valence-corrected chi connectivity index (χ3v) is 1.58. The maximum Gasteiger partial charge on any atom is 0.405 e. The monoisotopic (exact) mass is 193 g/mol. The van der Waals surface area contributed by atoms with Crippen molar-refractivity contribution in [3.8, 4) is 0 Å². The number of hydrogen-bond acceptors (Lipinski definition) is 3. The van der Waals surface area contributed by atoms with Crippen LogP contribution in [-0.2, 0) is 9.19 Å². The van der Waals surface area contributed by atoms with Crippen molar-refractivity contribution in [2.45, 2.75) is 33.1 Å². The summed E-state index contributed by atoms with van der Waals surface area (Å²) >= 11 is 0. The van der Waals surface area contributed by atoms with Gasteiger partial charge < -0.3 is 4.62 Å². The van der Waals surface area contributed by atoms with E-state index in [1.165, 1.54) is 0 Å². The Morgan fingerprint density at radius 3 is 2.42 bits per heavy atom. The van der Waals surface area contributed by atoms with Crippen molar-refractivity contribution in [2.24, 2.45) is 16.2 Å². The third kappa shape index (κ3) is 6.34. The molecule has 0 atom stereocenters. The minimum atomic E-state index is -3.44. The molecule has 0 saturated heterocycles. The highest BCUT2D eigenvalue weighted by Gasteiger charge is 2.08. The van der Waals surface area contributed by atoms with Gasteiger partial charge in [0.2, 0.25) is 0 Å². The van der Waals surface area contributed by atoms with E-state index in [0.29, 0.717) is 0 Å². The first-order valence-corrected chi connectivity index (χ1v) is 5.67. The molecular formula is C6H16N3O2P. The molecule has 6 heteroatoms. The topological polar surface area (TPSA) is 90.7 Å². The Hall–Kier alpha value is -0.380. The fourth-order valence-corrected chi connectivity index (χ4v) is 0.940. The van der Waals surface area contributed by atoms with E-state index in [1.54, 1.807) is 0 Å². The molecule has 0 amide bonds. The van der Waals surface area contributed by atoms with Gasteiger partial charge in [-0.2, -0.15) is 0 Å². The average molecular weight is 193 g/mol. The molecule has 0 aromatic carbocycles. The van der Waals surface area contributed by atoms with Crippen LogP contribution in [0.5, 0.6) is 0 Å². The Morgan fingerprint density at radius 1 is 1.50 bits per heavy atom. The van der Waals surface area contributed by atoms with E-state index in [1.807, 2.05) is 13.8 Å². The minimum absolute atomic E-state index is 0.758. The molecule has 0 saturated carbocycles. The molecule has 0 aliphatic rings. The van der Waals surface area contributed by atoms with Crippen LogP contribution in [0.15, 0.2) is 5.16 Å². The van der Waals surface area contributed by atoms with Crippen LogP contribution in [0.4, 0.5) is 0 Å². The summed E-state index contributed by atoms with van der Waals surface area (Å²) in [6, 6.07) is 0. The van der Waals surface area contributed by atoms with Gasteiger partial charge in [-0.25, -0.2) is 15.6 Å². The van der Waals surface area contributed by atoms with Gasteiger partial charge in [-0.3, -0.25) is 0 Å². The molecule has 4 N–H and O–H groups in total. The van der Waals surface area contributed by atoms with Gasteiger partial charge in [-0.05, 0) is 12.8 Å². The number of nitrogens with two attached hydrogens (primary N) is 2. The van der Waals surface area contributed by atoms with Crippen LogP contribution in [-0.4, -0.2) is 5.71 Å². The second-order valence-corrected chi connectivity index (χ2v) is 3.94.